The third-order valence-electron chi connectivity index (χ3n) is 9.44. The number of pyridine rings is 2. The van der Waals surface area contributed by atoms with Crippen LogP contribution in [0, 0.1) is 23.7 Å². The van der Waals surface area contributed by atoms with E-state index in [0.717, 1.165) is 17.0 Å². The van der Waals surface area contributed by atoms with Crippen molar-refractivity contribution in [3.8, 4) is 11.8 Å². The van der Waals surface area contributed by atoms with Crippen molar-refractivity contribution in [1.29, 1.82) is 0 Å². The summed E-state index contributed by atoms with van der Waals surface area (Å²) >= 11 is 0. The molecule has 58 heavy (non-hydrogen) atoms. The van der Waals surface area contributed by atoms with Gasteiger partial charge in [-0.1, -0.05) is 77.8 Å². The molecule has 0 spiro atoms. The third-order valence-corrected chi connectivity index (χ3v) is 9.44. The number of hydrogen-bond donors (Lipinski definition) is 2. The van der Waals surface area contributed by atoms with E-state index in [1.54, 1.807) is 41.4 Å². The van der Waals surface area contributed by atoms with E-state index < -0.39 is 0 Å². The Morgan fingerprint density at radius 1 is 0.759 bits per heavy atom. The summed E-state index contributed by atoms with van der Waals surface area (Å²) in [5, 5.41) is 14.1. The molecule has 0 bridgehead atoms. The van der Waals surface area contributed by atoms with E-state index in [9.17, 15) is 19.2 Å². The van der Waals surface area contributed by atoms with Gasteiger partial charge in [0.25, 0.3) is 0 Å². The molecule has 2 aliphatic rings. The standard InChI is InChI=1S/C45H47N9O4/c55-42(37-13-3-4-14-37)22-23-43(56)48-27-29-53(45(58)24-21-41-33-54(51-50-41)30-36-10-1-2-11-36)34-44(57)49-38-19-17-35(18-20-38)12-9-28-52(31-39-15-5-7-25-46-39)32-40-16-6-8-26-47-40/h1-8,10-11,13-20,25-26,33,36-37H,21-24,27-32,34H2,(H,48,56)(H,49,57). The molecule has 3 amide bonds. The van der Waals surface area contributed by atoms with Crippen LogP contribution >= 0.6 is 0 Å². The van der Waals surface area contributed by atoms with Gasteiger partial charge >= 0.3 is 0 Å². The van der Waals surface area contributed by atoms with E-state index in [2.05, 4.69) is 59.8 Å². The third kappa shape index (κ3) is 13.5. The molecule has 0 unspecified atom stereocenters. The molecule has 6 rings (SSSR count). The number of anilines is 1. The second kappa shape index (κ2) is 21.5. The number of aromatic nitrogens is 5. The van der Waals surface area contributed by atoms with Crippen LogP contribution in [0.4, 0.5) is 5.69 Å². The fourth-order valence-corrected chi connectivity index (χ4v) is 6.38. The average molecular weight is 778 g/mol. The van der Waals surface area contributed by atoms with Crippen molar-refractivity contribution in [1.82, 2.24) is 40.1 Å². The van der Waals surface area contributed by atoms with Crippen LogP contribution in [0.1, 0.15) is 41.9 Å². The first-order valence-electron chi connectivity index (χ1n) is 19.4. The zero-order valence-electron chi connectivity index (χ0n) is 32.3. The molecule has 2 aliphatic carbocycles. The van der Waals surface area contributed by atoms with Gasteiger partial charge in [0.15, 0.2) is 0 Å². The highest BCUT2D eigenvalue weighted by molar-refractivity contribution is 5.94. The maximum atomic E-state index is 13.5. The zero-order chi connectivity index (χ0) is 40.4. The topological polar surface area (TPSA) is 155 Å². The molecule has 0 saturated carbocycles. The molecular weight excluding hydrogens is 731 g/mol. The van der Waals surface area contributed by atoms with Crippen LogP contribution in [0.3, 0.4) is 0 Å². The summed E-state index contributed by atoms with van der Waals surface area (Å²) in [5.41, 5.74) is 3.90. The molecule has 0 saturated heterocycles. The van der Waals surface area contributed by atoms with E-state index in [-0.39, 0.29) is 74.2 Å². The summed E-state index contributed by atoms with van der Waals surface area (Å²) in [6.45, 7) is 2.42. The lowest BCUT2D eigenvalue weighted by atomic mass is 10.0. The molecular formula is C45H47N9O4. The maximum Gasteiger partial charge on any atom is 0.243 e. The minimum absolute atomic E-state index is 0.0262. The van der Waals surface area contributed by atoms with Crippen LogP contribution in [0.5, 0.6) is 0 Å². The lowest BCUT2D eigenvalue weighted by Crippen LogP contribution is -2.42. The molecule has 13 nitrogen and oxygen atoms in total. The summed E-state index contributed by atoms with van der Waals surface area (Å²) in [4.78, 5) is 64.2. The summed E-state index contributed by atoms with van der Waals surface area (Å²) in [5.74, 6) is 5.46. The van der Waals surface area contributed by atoms with Crippen molar-refractivity contribution in [2.45, 2.75) is 45.3 Å². The first-order chi connectivity index (χ1) is 28.4. The summed E-state index contributed by atoms with van der Waals surface area (Å²) in [6, 6.07) is 18.9. The van der Waals surface area contributed by atoms with E-state index in [0.29, 0.717) is 44.0 Å². The summed E-state index contributed by atoms with van der Waals surface area (Å²) < 4.78 is 1.76. The van der Waals surface area contributed by atoms with Gasteiger partial charge in [0.1, 0.15) is 5.78 Å². The number of allylic oxidation sites excluding steroid dienone is 8. The molecule has 0 atom stereocenters. The SMILES string of the molecule is O=C(CCC(=O)C1C=CC=C1)NCCN(CC(=O)Nc1ccc(C#CCN(Cc2ccccn2)Cc2ccccn2)cc1)C(=O)CCc1cn(CC2C=CC=C2)nn1. The number of carbonyl (C=O) groups excluding carboxylic acids is 4. The average Bonchev–Trinajstić information content (AvgIpc) is 4.05. The Balaban J connectivity index is 1.01. The fourth-order valence-electron chi connectivity index (χ4n) is 6.38. The highest BCUT2D eigenvalue weighted by Gasteiger charge is 2.20. The lowest BCUT2D eigenvalue weighted by molar-refractivity contribution is -0.135. The van der Waals surface area contributed by atoms with Crippen LogP contribution in [-0.2, 0) is 45.2 Å². The quantitative estimate of drug-likeness (QED) is 0.124. The number of hydrogen-bond acceptors (Lipinski definition) is 9. The summed E-state index contributed by atoms with van der Waals surface area (Å²) in [6.07, 6.45) is 21.4. The highest BCUT2D eigenvalue weighted by atomic mass is 16.2. The molecule has 2 N–H and O–H groups in total. The predicted octanol–water partition coefficient (Wildman–Crippen LogP) is 4.47. The van der Waals surface area contributed by atoms with Gasteiger partial charge < -0.3 is 15.5 Å². The number of nitrogens with zero attached hydrogens (tertiary/aromatic N) is 7. The largest absolute Gasteiger partial charge is 0.354 e. The molecule has 0 radical (unpaired) electrons. The van der Waals surface area contributed by atoms with Gasteiger partial charge in [-0.05, 0) is 48.5 Å². The molecule has 3 aromatic heterocycles. The minimum Gasteiger partial charge on any atom is -0.354 e. The lowest BCUT2D eigenvalue weighted by Gasteiger charge is -2.22. The number of benzene rings is 1. The Hall–Kier alpha value is -6.78. The van der Waals surface area contributed by atoms with Gasteiger partial charge in [-0.15, -0.1) is 5.10 Å². The number of rotatable bonds is 20. The van der Waals surface area contributed by atoms with Gasteiger partial charge in [0.05, 0.1) is 42.6 Å². The minimum atomic E-state index is -0.384. The van der Waals surface area contributed by atoms with E-state index in [1.807, 2.05) is 79.0 Å². The molecule has 13 heteroatoms. The van der Waals surface area contributed by atoms with Crippen molar-refractivity contribution in [3.63, 3.8) is 0 Å². The Morgan fingerprint density at radius 2 is 1.45 bits per heavy atom. The number of ketones is 1. The Kier molecular flexibility index (Phi) is 15.2. The molecule has 0 fully saturated rings. The second-order valence-corrected chi connectivity index (χ2v) is 14.0. The fraction of sp³-hybridized carbons (Fsp3) is 0.289. The maximum absolute atomic E-state index is 13.5. The Bertz CT molecular complexity index is 2120. The predicted molar refractivity (Wildman–Crippen MR) is 220 cm³/mol. The molecule has 1 aromatic carbocycles. The normalized spacial score (nSPS) is 13.1. The monoisotopic (exact) mass is 777 g/mol. The van der Waals surface area contributed by atoms with Crippen molar-refractivity contribution in [3.05, 3.63) is 151 Å². The van der Waals surface area contributed by atoms with Crippen molar-refractivity contribution >= 4 is 29.2 Å². The van der Waals surface area contributed by atoms with Crippen molar-refractivity contribution < 1.29 is 19.2 Å². The Morgan fingerprint density at radius 3 is 2.12 bits per heavy atom. The first-order valence-corrected chi connectivity index (χ1v) is 19.4. The second-order valence-electron chi connectivity index (χ2n) is 14.0. The van der Waals surface area contributed by atoms with Crippen molar-refractivity contribution in [2.75, 3.05) is 31.5 Å². The van der Waals surface area contributed by atoms with Crippen LogP contribution in [0.15, 0.2) is 128 Å². The first kappa shape index (κ1) is 40.9. The number of aryl methyl sites for hydroxylation is 1. The van der Waals surface area contributed by atoms with Gasteiger partial charge in [-0.3, -0.25) is 38.7 Å². The van der Waals surface area contributed by atoms with E-state index in [1.165, 1.54) is 4.90 Å². The zero-order valence-corrected chi connectivity index (χ0v) is 32.3. The molecule has 4 aromatic rings. The highest BCUT2D eigenvalue weighted by Crippen LogP contribution is 2.14. The van der Waals surface area contributed by atoms with Crippen LogP contribution in [0.25, 0.3) is 0 Å². The number of amides is 3. The number of Topliss-reactive ketones (excluding diaryl/α,β-unsaturated/α-hetero) is 1. The number of nitrogens with one attached hydrogen (secondary N) is 2. The molecule has 296 valence electrons. The van der Waals surface area contributed by atoms with Gasteiger partial charge in [0, 0.05) is 87.6 Å². The van der Waals surface area contributed by atoms with Crippen LogP contribution in [-0.4, -0.2) is 84.4 Å². The van der Waals surface area contributed by atoms with E-state index in [4.69, 9.17) is 0 Å². The number of carbonyl (C=O) groups is 4. The smallest absolute Gasteiger partial charge is 0.243 e. The van der Waals surface area contributed by atoms with Gasteiger partial charge in [-0.2, -0.15) is 0 Å². The van der Waals surface area contributed by atoms with Gasteiger partial charge in [0.2, 0.25) is 17.7 Å². The summed E-state index contributed by atoms with van der Waals surface area (Å²) in [7, 11) is 0. The van der Waals surface area contributed by atoms with Crippen LogP contribution in [0.2, 0.25) is 0 Å². The van der Waals surface area contributed by atoms with E-state index >= 15 is 0 Å². The Labute approximate surface area is 338 Å². The van der Waals surface area contributed by atoms with Crippen LogP contribution < -0.4 is 10.6 Å². The molecule has 3 heterocycles. The molecule has 0 aliphatic heterocycles. The van der Waals surface area contributed by atoms with Crippen molar-refractivity contribution in [2.24, 2.45) is 11.8 Å². The van der Waals surface area contributed by atoms with Gasteiger partial charge in [-0.25, -0.2) is 0 Å².